The standard InChI is InChI=1S/C17H18N4O/c1-21(11-12-22)20-17-14-9-5-6-10-15(14)18-16(19-17)13-7-3-2-4-8-13/h2-10,22H,11-12H2,1H3,(H,18,19,20). The van der Waals surface area contributed by atoms with Gasteiger partial charge in [-0.25, -0.2) is 15.0 Å². The molecule has 5 heteroatoms. The number of hydrazine groups is 1. The van der Waals surface area contributed by atoms with E-state index in [0.29, 0.717) is 12.4 Å². The average Bonchev–Trinajstić information content (AvgIpc) is 2.56. The number of aliphatic hydroxyl groups is 1. The number of benzene rings is 2. The molecule has 0 bridgehead atoms. The molecule has 0 unspecified atom stereocenters. The van der Waals surface area contributed by atoms with Crippen molar-refractivity contribution < 1.29 is 5.11 Å². The van der Waals surface area contributed by atoms with Crippen molar-refractivity contribution in [3.8, 4) is 11.4 Å². The molecule has 1 aromatic heterocycles. The molecule has 0 spiro atoms. The molecule has 1 heterocycles. The normalized spacial score (nSPS) is 11.0. The Morgan fingerprint density at radius 1 is 1.00 bits per heavy atom. The van der Waals surface area contributed by atoms with Crippen molar-refractivity contribution in [1.82, 2.24) is 15.0 Å². The van der Waals surface area contributed by atoms with Crippen molar-refractivity contribution in [1.29, 1.82) is 0 Å². The third kappa shape index (κ3) is 3.05. The molecule has 0 aliphatic heterocycles. The number of hydrogen-bond acceptors (Lipinski definition) is 5. The Labute approximate surface area is 129 Å². The van der Waals surface area contributed by atoms with E-state index in [1.807, 2.05) is 66.7 Å². The monoisotopic (exact) mass is 294 g/mol. The Balaban J connectivity index is 2.08. The first-order valence-electron chi connectivity index (χ1n) is 7.19. The van der Waals surface area contributed by atoms with Crippen molar-refractivity contribution >= 4 is 16.7 Å². The van der Waals surface area contributed by atoms with Crippen LogP contribution in [0.5, 0.6) is 0 Å². The Morgan fingerprint density at radius 3 is 2.50 bits per heavy atom. The summed E-state index contributed by atoms with van der Waals surface area (Å²) in [6.45, 7) is 0.594. The van der Waals surface area contributed by atoms with Crippen molar-refractivity contribution in [3.05, 3.63) is 54.6 Å². The minimum atomic E-state index is 0.0814. The predicted octanol–water partition coefficient (Wildman–Crippen LogP) is 2.55. The first kappa shape index (κ1) is 14.4. The Morgan fingerprint density at radius 2 is 1.73 bits per heavy atom. The lowest BCUT2D eigenvalue weighted by atomic mass is 10.2. The highest BCUT2D eigenvalue weighted by Gasteiger charge is 2.10. The van der Waals surface area contributed by atoms with Gasteiger partial charge in [0.2, 0.25) is 0 Å². The Hall–Kier alpha value is -2.50. The van der Waals surface area contributed by atoms with Gasteiger partial charge in [-0.05, 0) is 12.1 Å². The van der Waals surface area contributed by atoms with Crippen molar-refractivity contribution in [2.75, 3.05) is 25.6 Å². The fourth-order valence-corrected chi connectivity index (χ4v) is 2.26. The predicted molar refractivity (Wildman–Crippen MR) is 88.3 cm³/mol. The lowest BCUT2D eigenvalue weighted by molar-refractivity contribution is 0.241. The largest absolute Gasteiger partial charge is 0.395 e. The topological polar surface area (TPSA) is 61.3 Å². The molecule has 0 radical (unpaired) electrons. The number of nitrogens with one attached hydrogen (secondary N) is 1. The van der Waals surface area contributed by atoms with E-state index in [4.69, 9.17) is 5.11 Å². The quantitative estimate of drug-likeness (QED) is 0.708. The third-order valence-corrected chi connectivity index (χ3v) is 3.37. The summed E-state index contributed by atoms with van der Waals surface area (Å²) < 4.78 is 0. The second kappa shape index (κ2) is 6.51. The SMILES string of the molecule is CN(CCO)Nc1nc(-c2ccccc2)nc2ccccc12. The van der Waals surface area contributed by atoms with E-state index in [1.165, 1.54) is 0 Å². The van der Waals surface area contributed by atoms with E-state index >= 15 is 0 Å². The molecule has 2 N–H and O–H groups in total. The van der Waals surface area contributed by atoms with Crippen LogP contribution >= 0.6 is 0 Å². The van der Waals surface area contributed by atoms with Gasteiger partial charge in [0.25, 0.3) is 0 Å². The first-order chi connectivity index (χ1) is 10.8. The lowest BCUT2D eigenvalue weighted by Crippen LogP contribution is -2.29. The third-order valence-electron chi connectivity index (χ3n) is 3.37. The molecule has 0 saturated heterocycles. The van der Waals surface area contributed by atoms with Gasteiger partial charge in [-0.3, -0.25) is 0 Å². The molecule has 0 aliphatic carbocycles. The van der Waals surface area contributed by atoms with Gasteiger partial charge in [-0.2, -0.15) is 0 Å². The van der Waals surface area contributed by atoms with E-state index in [0.717, 1.165) is 22.3 Å². The van der Waals surface area contributed by atoms with Gasteiger partial charge in [-0.1, -0.05) is 42.5 Å². The minimum absolute atomic E-state index is 0.0814. The van der Waals surface area contributed by atoms with Crippen molar-refractivity contribution in [2.45, 2.75) is 0 Å². The second-order valence-corrected chi connectivity index (χ2v) is 5.04. The summed E-state index contributed by atoms with van der Waals surface area (Å²) in [6, 6.07) is 17.8. The Kier molecular flexibility index (Phi) is 4.27. The molecule has 112 valence electrons. The molecular formula is C17H18N4O. The fraction of sp³-hybridized carbons (Fsp3) is 0.176. The number of likely N-dealkylation sites (N-methyl/N-ethyl adjacent to an activating group) is 1. The van der Waals surface area contributed by atoms with E-state index in [1.54, 1.807) is 0 Å². The van der Waals surface area contributed by atoms with Crippen LogP contribution in [0.4, 0.5) is 5.82 Å². The smallest absolute Gasteiger partial charge is 0.162 e. The maximum absolute atomic E-state index is 9.05. The zero-order chi connectivity index (χ0) is 15.4. The summed E-state index contributed by atoms with van der Waals surface area (Å²) in [5, 5.41) is 11.8. The van der Waals surface area contributed by atoms with Gasteiger partial charge < -0.3 is 10.5 Å². The van der Waals surface area contributed by atoms with Gasteiger partial charge in [0, 0.05) is 24.5 Å². The number of fused-ring (bicyclic) bond motifs is 1. The van der Waals surface area contributed by atoms with Crippen molar-refractivity contribution in [3.63, 3.8) is 0 Å². The molecule has 3 rings (SSSR count). The van der Waals surface area contributed by atoms with Gasteiger partial charge in [0.1, 0.15) is 0 Å². The summed E-state index contributed by atoms with van der Waals surface area (Å²) in [4.78, 5) is 9.29. The Bertz CT molecular complexity index is 761. The fourth-order valence-electron chi connectivity index (χ4n) is 2.26. The van der Waals surface area contributed by atoms with Crippen molar-refractivity contribution in [2.24, 2.45) is 0 Å². The van der Waals surface area contributed by atoms with Crippen LogP contribution in [-0.4, -0.2) is 40.3 Å². The minimum Gasteiger partial charge on any atom is -0.395 e. The number of nitrogens with zero attached hydrogens (tertiary/aromatic N) is 3. The molecule has 22 heavy (non-hydrogen) atoms. The number of rotatable bonds is 5. The number of hydrogen-bond donors (Lipinski definition) is 2. The van der Waals surface area contributed by atoms with E-state index in [-0.39, 0.29) is 6.61 Å². The molecule has 0 amide bonds. The second-order valence-electron chi connectivity index (χ2n) is 5.04. The summed E-state index contributed by atoms with van der Waals surface area (Å²) in [5.74, 6) is 1.42. The number of aliphatic hydroxyl groups excluding tert-OH is 1. The lowest BCUT2D eigenvalue weighted by Gasteiger charge is -2.19. The van der Waals surface area contributed by atoms with Gasteiger partial charge in [-0.15, -0.1) is 0 Å². The van der Waals surface area contributed by atoms with Gasteiger partial charge >= 0.3 is 0 Å². The maximum Gasteiger partial charge on any atom is 0.162 e. The number of anilines is 1. The highest BCUT2D eigenvalue weighted by Crippen LogP contribution is 2.24. The van der Waals surface area contributed by atoms with E-state index in [9.17, 15) is 0 Å². The van der Waals surface area contributed by atoms with E-state index < -0.39 is 0 Å². The number of para-hydroxylation sites is 1. The summed E-state index contributed by atoms with van der Waals surface area (Å²) in [7, 11) is 1.87. The molecule has 5 nitrogen and oxygen atoms in total. The molecule has 0 aliphatic rings. The van der Waals surface area contributed by atoms with Crippen LogP contribution in [-0.2, 0) is 0 Å². The summed E-state index contributed by atoms with van der Waals surface area (Å²) in [5.41, 5.74) is 5.08. The first-order valence-corrected chi connectivity index (χ1v) is 7.19. The van der Waals surface area contributed by atoms with Gasteiger partial charge in [0.15, 0.2) is 11.6 Å². The number of aromatic nitrogens is 2. The van der Waals surface area contributed by atoms with Crippen LogP contribution in [0.1, 0.15) is 0 Å². The molecule has 2 aromatic carbocycles. The maximum atomic E-state index is 9.05. The van der Waals surface area contributed by atoms with Crippen LogP contribution in [0.3, 0.4) is 0 Å². The molecule has 0 fully saturated rings. The zero-order valence-electron chi connectivity index (χ0n) is 12.4. The molecule has 0 saturated carbocycles. The van der Waals surface area contributed by atoms with Gasteiger partial charge in [0.05, 0.1) is 12.1 Å². The average molecular weight is 294 g/mol. The van der Waals surface area contributed by atoms with E-state index in [2.05, 4.69) is 15.4 Å². The van der Waals surface area contributed by atoms with Crippen LogP contribution in [0.15, 0.2) is 54.6 Å². The highest BCUT2D eigenvalue weighted by atomic mass is 16.3. The van der Waals surface area contributed by atoms with Crippen LogP contribution in [0, 0.1) is 0 Å². The van der Waals surface area contributed by atoms with Crippen LogP contribution in [0.2, 0.25) is 0 Å². The molecule has 3 aromatic rings. The molecular weight excluding hydrogens is 276 g/mol. The zero-order valence-corrected chi connectivity index (χ0v) is 12.4. The molecule has 0 atom stereocenters. The highest BCUT2D eigenvalue weighted by molar-refractivity contribution is 5.90. The summed E-state index contributed by atoms with van der Waals surface area (Å²) in [6.07, 6.45) is 0. The van der Waals surface area contributed by atoms with Crippen LogP contribution < -0.4 is 5.43 Å². The van der Waals surface area contributed by atoms with Crippen LogP contribution in [0.25, 0.3) is 22.3 Å². The summed E-state index contributed by atoms with van der Waals surface area (Å²) >= 11 is 0.